The molecule has 1 aliphatic carbocycles. The molecule has 2 unspecified atom stereocenters. The molecule has 1 saturated carbocycles. The van der Waals surface area contributed by atoms with Gasteiger partial charge in [0.2, 0.25) is 0 Å². The van der Waals surface area contributed by atoms with E-state index in [2.05, 4.69) is 43.4 Å². The summed E-state index contributed by atoms with van der Waals surface area (Å²) in [5, 5.41) is 17.3. The van der Waals surface area contributed by atoms with Gasteiger partial charge in [0.1, 0.15) is 0 Å². The molecular weight excluding hydrogens is 268 g/mol. The number of nitrogens with one attached hydrogen (secondary N) is 1. The molecule has 1 aromatic rings. The van der Waals surface area contributed by atoms with Gasteiger partial charge in [-0.15, -0.1) is 11.3 Å². The highest BCUT2D eigenvalue weighted by Crippen LogP contribution is 2.31. The number of aliphatic hydroxyl groups is 1. The summed E-state index contributed by atoms with van der Waals surface area (Å²) in [6, 6.07) is 0. The second-order valence-corrected chi connectivity index (χ2v) is 8.28. The largest absolute Gasteiger partial charge is 0.389 e. The molecule has 0 saturated heterocycles. The normalized spacial score (nSPS) is 27.8. The Morgan fingerprint density at radius 3 is 2.85 bits per heavy atom. The Hall–Kier alpha value is -0.450. The third-order valence-electron chi connectivity index (χ3n) is 4.02. The molecule has 0 bridgehead atoms. The Morgan fingerprint density at radius 2 is 2.25 bits per heavy atom. The molecule has 114 valence electrons. The maximum Gasteiger partial charge on any atom is 0.0982 e. The zero-order valence-electron chi connectivity index (χ0n) is 13.2. The molecule has 3 nitrogen and oxygen atoms in total. The quantitative estimate of drug-likeness (QED) is 0.894. The summed E-state index contributed by atoms with van der Waals surface area (Å²) in [5.74, 6) is 0.641. The van der Waals surface area contributed by atoms with Crippen molar-refractivity contribution in [3.05, 3.63) is 16.1 Å². The molecule has 0 radical (unpaired) electrons. The van der Waals surface area contributed by atoms with E-state index in [-0.39, 0.29) is 5.41 Å². The van der Waals surface area contributed by atoms with Crippen molar-refractivity contribution in [1.29, 1.82) is 0 Å². The van der Waals surface area contributed by atoms with Crippen LogP contribution in [0.3, 0.4) is 0 Å². The average Bonchev–Trinajstić information content (AvgIpc) is 2.76. The van der Waals surface area contributed by atoms with Crippen LogP contribution in [0.2, 0.25) is 0 Å². The molecule has 0 spiro atoms. The monoisotopic (exact) mass is 296 g/mol. The van der Waals surface area contributed by atoms with Crippen molar-refractivity contribution in [3.8, 4) is 0 Å². The van der Waals surface area contributed by atoms with E-state index in [1.54, 1.807) is 11.3 Å². The molecule has 0 aliphatic heterocycles. The number of aromatic nitrogens is 1. The van der Waals surface area contributed by atoms with E-state index in [4.69, 9.17) is 0 Å². The fraction of sp³-hybridized carbons (Fsp3) is 0.812. The number of rotatable bonds is 4. The lowest BCUT2D eigenvalue weighted by atomic mass is 9.79. The lowest BCUT2D eigenvalue weighted by Crippen LogP contribution is -2.43. The van der Waals surface area contributed by atoms with Gasteiger partial charge in [-0.25, -0.2) is 4.98 Å². The van der Waals surface area contributed by atoms with Crippen molar-refractivity contribution in [2.75, 3.05) is 6.54 Å². The molecule has 1 aromatic heterocycles. The van der Waals surface area contributed by atoms with E-state index in [1.165, 1.54) is 11.4 Å². The van der Waals surface area contributed by atoms with Gasteiger partial charge in [0.05, 0.1) is 16.3 Å². The van der Waals surface area contributed by atoms with E-state index >= 15 is 0 Å². The second-order valence-electron chi connectivity index (χ2n) is 7.42. The topological polar surface area (TPSA) is 45.1 Å². The summed E-state index contributed by atoms with van der Waals surface area (Å²) in [7, 11) is 0. The first-order valence-corrected chi connectivity index (χ1v) is 8.54. The highest BCUT2D eigenvalue weighted by atomic mass is 32.1. The smallest absolute Gasteiger partial charge is 0.0982 e. The summed E-state index contributed by atoms with van der Waals surface area (Å²) < 4.78 is 0. The van der Waals surface area contributed by atoms with Crippen molar-refractivity contribution in [2.24, 2.45) is 5.92 Å². The first-order valence-electron chi connectivity index (χ1n) is 7.66. The molecule has 0 amide bonds. The number of nitrogens with zero attached hydrogens (tertiary/aromatic N) is 1. The van der Waals surface area contributed by atoms with Gasteiger partial charge in [-0.3, -0.25) is 0 Å². The van der Waals surface area contributed by atoms with Gasteiger partial charge in [-0.2, -0.15) is 0 Å². The lowest BCUT2D eigenvalue weighted by molar-refractivity contribution is -0.0119. The molecule has 20 heavy (non-hydrogen) atoms. The molecule has 1 fully saturated rings. The molecule has 2 N–H and O–H groups in total. The predicted octanol–water partition coefficient (Wildman–Crippen LogP) is 3.47. The van der Waals surface area contributed by atoms with Crippen LogP contribution in [0.25, 0.3) is 0 Å². The Balaban J connectivity index is 1.82. The number of hydrogen-bond acceptors (Lipinski definition) is 4. The van der Waals surface area contributed by atoms with Gasteiger partial charge < -0.3 is 10.4 Å². The van der Waals surface area contributed by atoms with Crippen LogP contribution in [0.15, 0.2) is 5.38 Å². The molecule has 1 heterocycles. The summed E-state index contributed by atoms with van der Waals surface area (Å²) in [6.45, 7) is 10.2. The fourth-order valence-corrected chi connectivity index (χ4v) is 3.86. The van der Waals surface area contributed by atoms with Gasteiger partial charge in [0, 0.05) is 23.9 Å². The van der Waals surface area contributed by atoms with Crippen molar-refractivity contribution in [3.63, 3.8) is 0 Å². The Morgan fingerprint density at radius 1 is 1.50 bits per heavy atom. The van der Waals surface area contributed by atoms with Crippen molar-refractivity contribution >= 4 is 11.3 Å². The Kier molecular flexibility index (Phi) is 4.88. The van der Waals surface area contributed by atoms with Crippen LogP contribution in [-0.2, 0) is 12.0 Å². The van der Waals surface area contributed by atoms with Crippen molar-refractivity contribution in [1.82, 2.24) is 10.3 Å². The van der Waals surface area contributed by atoms with E-state index in [1.807, 2.05) is 0 Å². The Labute approximate surface area is 126 Å². The summed E-state index contributed by atoms with van der Waals surface area (Å²) in [4.78, 5) is 4.68. The van der Waals surface area contributed by atoms with Gasteiger partial charge in [-0.05, 0) is 18.8 Å². The van der Waals surface area contributed by atoms with Crippen LogP contribution < -0.4 is 5.32 Å². The van der Waals surface area contributed by atoms with Gasteiger partial charge in [0.15, 0.2) is 0 Å². The highest BCUT2D eigenvalue weighted by Gasteiger charge is 2.32. The number of hydrogen-bond donors (Lipinski definition) is 2. The second kappa shape index (κ2) is 6.12. The minimum absolute atomic E-state index is 0.125. The molecule has 0 aromatic carbocycles. The van der Waals surface area contributed by atoms with Crippen LogP contribution in [-0.4, -0.2) is 22.2 Å². The van der Waals surface area contributed by atoms with Gasteiger partial charge in [0.25, 0.3) is 0 Å². The van der Waals surface area contributed by atoms with Crippen LogP contribution in [0.5, 0.6) is 0 Å². The summed E-state index contributed by atoms with van der Waals surface area (Å²) in [6.07, 6.45) is 4.24. The van der Waals surface area contributed by atoms with E-state index in [0.717, 1.165) is 31.5 Å². The lowest BCUT2D eigenvalue weighted by Gasteiger charge is -2.35. The van der Waals surface area contributed by atoms with Crippen molar-refractivity contribution < 1.29 is 5.11 Å². The third-order valence-corrected chi connectivity index (χ3v) is 5.34. The van der Waals surface area contributed by atoms with Crippen LogP contribution in [0.1, 0.15) is 64.1 Å². The third kappa shape index (κ3) is 4.27. The fourth-order valence-electron chi connectivity index (χ4n) is 2.95. The first-order chi connectivity index (χ1) is 9.28. The average molecular weight is 296 g/mol. The summed E-state index contributed by atoms with van der Waals surface area (Å²) >= 11 is 1.73. The van der Waals surface area contributed by atoms with Crippen LogP contribution in [0, 0.1) is 5.92 Å². The maximum absolute atomic E-state index is 10.6. The minimum Gasteiger partial charge on any atom is -0.389 e. The van der Waals surface area contributed by atoms with Gasteiger partial charge >= 0.3 is 0 Å². The zero-order chi connectivity index (χ0) is 14.8. The molecule has 2 atom stereocenters. The maximum atomic E-state index is 10.6. The highest BCUT2D eigenvalue weighted by molar-refractivity contribution is 7.09. The predicted molar refractivity (Wildman–Crippen MR) is 85.1 cm³/mol. The standard InChI is InChI=1S/C16H28N2OS/c1-12-6-5-7-16(19,8-12)11-17-9-13-10-20-14(18-13)15(2,3)4/h10,12,17,19H,5-9,11H2,1-4H3. The molecular formula is C16H28N2OS. The van der Waals surface area contributed by atoms with Gasteiger partial charge in [-0.1, -0.05) is 40.5 Å². The minimum atomic E-state index is -0.513. The molecule has 2 rings (SSSR count). The molecule has 4 heteroatoms. The first kappa shape index (κ1) is 15.9. The summed E-state index contributed by atoms with van der Waals surface area (Å²) in [5.41, 5.74) is 0.702. The number of thiazole rings is 1. The van der Waals surface area contributed by atoms with Crippen molar-refractivity contribution in [2.45, 2.75) is 70.9 Å². The molecule has 1 aliphatic rings. The zero-order valence-corrected chi connectivity index (χ0v) is 14.0. The van der Waals surface area contributed by atoms with E-state index < -0.39 is 5.60 Å². The van der Waals surface area contributed by atoms with Crippen LogP contribution in [0.4, 0.5) is 0 Å². The SMILES string of the molecule is CC1CCCC(O)(CNCc2csc(C(C)(C)C)n2)C1. The Bertz CT molecular complexity index is 438. The van der Waals surface area contributed by atoms with Crippen LogP contribution >= 0.6 is 11.3 Å². The van der Waals surface area contributed by atoms with E-state index in [9.17, 15) is 5.11 Å². The van der Waals surface area contributed by atoms with E-state index in [0.29, 0.717) is 12.5 Å².